The standard InChI is InChI=1S/C41H43N9O5S/c42-24-28(17-18-49-19-21-50(22-20-49)35(51)12-5-4-11-34-37-33(25-56-34)47-41(53)48-37)39(52)46-29-7-6-10-32(23-29)55-40-36(38(43)44-26-45-40)27-13-15-31(16-14-27)54-30-8-2-1-3-9-30/h1-3,6-10,13-17,23,26,33-34,37H,4-5,11-12,18-22,25H2,(H,46,52)(H2,43,44,45)(H2,47,48,53)/b28-17+. The number of carbonyl (C=O) groups excluding carboxylic acids is 3. The molecule has 3 aromatic carbocycles. The lowest BCUT2D eigenvalue weighted by molar-refractivity contribution is -0.133. The van der Waals surface area contributed by atoms with Gasteiger partial charge in [-0.2, -0.15) is 17.0 Å². The first-order valence-electron chi connectivity index (χ1n) is 18.6. The van der Waals surface area contributed by atoms with Gasteiger partial charge in [0.2, 0.25) is 11.8 Å². The van der Waals surface area contributed by atoms with E-state index in [1.165, 1.54) is 6.33 Å². The van der Waals surface area contributed by atoms with Gasteiger partial charge >= 0.3 is 6.03 Å². The molecule has 0 spiro atoms. The molecule has 3 unspecified atom stereocenters. The van der Waals surface area contributed by atoms with E-state index >= 15 is 0 Å². The van der Waals surface area contributed by atoms with Crippen LogP contribution < -0.4 is 31.2 Å². The van der Waals surface area contributed by atoms with E-state index in [1.54, 1.807) is 30.3 Å². The van der Waals surface area contributed by atoms with Crippen LogP contribution in [-0.2, 0) is 9.59 Å². The molecule has 56 heavy (non-hydrogen) atoms. The van der Waals surface area contributed by atoms with Gasteiger partial charge in [0, 0.05) is 61.9 Å². The number of thioether (sulfide) groups is 1. The van der Waals surface area contributed by atoms with Gasteiger partial charge in [0.15, 0.2) is 0 Å². The summed E-state index contributed by atoms with van der Waals surface area (Å²) in [6.07, 6.45) is 6.20. The molecule has 3 aliphatic heterocycles. The maximum atomic E-state index is 13.1. The second-order valence-electron chi connectivity index (χ2n) is 13.7. The van der Waals surface area contributed by atoms with Crippen molar-refractivity contribution in [1.29, 1.82) is 5.26 Å². The van der Waals surface area contributed by atoms with Gasteiger partial charge < -0.3 is 36.1 Å². The number of carbonyl (C=O) groups is 3. The van der Waals surface area contributed by atoms with Crippen molar-refractivity contribution in [3.05, 3.63) is 96.8 Å². The third kappa shape index (κ3) is 9.57. The molecule has 14 nitrogen and oxygen atoms in total. The number of nitriles is 1. The SMILES string of the molecule is N#C/C(=C\CN1CCN(C(=O)CCCCC2SCC3NC(=O)NC32)CC1)C(=O)Nc1cccc(Oc2ncnc(N)c2-c2ccc(Oc3ccccc3)cc2)c1. The van der Waals surface area contributed by atoms with Gasteiger partial charge in [0.25, 0.3) is 5.91 Å². The van der Waals surface area contributed by atoms with Crippen LogP contribution in [0.5, 0.6) is 23.1 Å². The smallest absolute Gasteiger partial charge is 0.315 e. The third-order valence-corrected chi connectivity index (χ3v) is 11.5. The highest BCUT2D eigenvalue weighted by Crippen LogP contribution is 2.37. The number of piperazine rings is 1. The first kappa shape index (κ1) is 38.2. The Bertz CT molecular complexity index is 2100. The monoisotopic (exact) mass is 773 g/mol. The first-order valence-corrected chi connectivity index (χ1v) is 19.7. The fourth-order valence-electron chi connectivity index (χ4n) is 7.00. The lowest BCUT2D eigenvalue weighted by Gasteiger charge is -2.34. The Morgan fingerprint density at radius 1 is 0.946 bits per heavy atom. The third-order valence-electron chi connectivity index (χ3n) is 9.98. The maximum absolute atomic E-state index is 13.1. The van der Waals surface area contributed by atoms with Crippen molar-refractivity contribution in [2.75, 3.05) is 49.5 Å². The Kier molecular flexibility index (Phi) is 12.3. The Labute approximate surface area is 329 Å². The highest BCUT2D eigenvalue weighted by Gasteiger charge is 2.42. The number of ether oxygens (including phenoxy) is 2. The van der Waals surface area contributed by atoms with Crippen LogP contribution in [-0.4, -0.2) is 93.4 Å². The van der Waals surface area contributed by atoms with Gasteiger partial charge in [-0.15, -0.1) is 0 Å². The van der Waals surface area contributed by atoms with E-state index in [-0.39, 0.29) is 41.3 Å². The number of hydrogen-bond donors (Lipinski definition) is 4. The zero-order valence-corrected chi connectivity index (χ0v) is 31.5. The zero-order valence-electron chi connectivity index (χ0n) is 30.7. The maximum Gasteiger partial charge on any atom is 0.315 e. The Morgan fingerprint density at radius 2 is 1.71 bits per heavy atom. The van der Waals surface area contributed by atoms with Gasteiger partial charge in [-0.1, -0.05) is 42.8 Å². The molecule has 1 aromatic heterocycles. The Balaban J connectivity index is 0.875. The normalized spacial score (nSPS) is 19.3. The predicted molar refractivity (Wildman–Crippen MR) is 214 cm³/mol. The number of anilines is 2. The number of aromatic nitrogens is 2. The van der Waals surface area contributed by atoms with Crippen molar-refractivity contribution in [2.45, 2.75) is 43.0 Å². The average Bonchev–Trinajstić information content (AvgIpc) is 3.77. The summed E-state index contributed by atoms with van der Waals surface area (Å²) in [4.78, 5) is 50.2. The fraction of sp³-hybridized carbons (Fsp3) is 0.317. The van der Waals surface area contributed by atoms with Crippen LogP contribution in [0.15, 0.2) is 96.8 Å². The molecule has 0 saturated carbocycles. The fourth-order valence-corrected chi connectivity index (χ4v) is 8.55. The number of benzene rings is 3. The minimum atomic E-state index is -0.540. The van der Waals surface area contributed by atoms with Gasteiger partial charge in [-0.05, 0) is 60.9 Å². The van der Waals surface area contributed by atoms with E-state index in [2.05, 4.69) is 30.8 Å². The van der Waals surface area contributed by atoms with Crippen LogP contribution in [0, 0.1) is 11.3 Å². The van der Waals surface area contributed by atoms with Gasteiger partial charge in [-0.25, -0.2) is 14.8 Å². The number of amides is 4. The number of urea groups is 1. The number of fused-ring (bicyclic) bond motifs is 1. The Morgan fingerprint density at radius 3 is 2.50 bits per heavy atom. The molecule has 3 aliphatic rings. The van der Waals surface area contributed by atoms with E-state index in [9.17, 15) is 19.6 Å². The number of nitrogen functional groups attached to an aromatic ring is 1. The van der Waals surface area contributed by atoms with Crippen LogP contribution in [0.2, 0.25) is 0 Å². The van der Waals surface area contributed by atoms with Gasteiger partial charge in [0.1, 0.15) is 41.0 Å². The van der Waals surface area contributed by atoms with Crippen LogP contribution in [0.25, 0.3) is 11.1 Å². The summed E-state index contributed by atoms with van der Waals surface area (Å²) in [5.74, 6) is 2.77. The van der Waals surface area contributed by atoms with Crippen molar-refractivity contribution in [2.24, 2.45) is 0 Å². The number of nitrogens with zero attached hydrogens (tertiary/aromatic N) is 5. The molecular weight excluding hydrogens is 731 g/mol. The molecule has 5 N–H and O–H groups in total. The zero-order chi connectivity index (χ0) is 38.9. The Hall–Kier alpha value is -6.11. The molecule has 3 saturated heterocycles. The quantitative estimate of drug-likeness (QED) is 0.0543. The van der Waals surface area contributed by atoms with Crippen molar-refractivity contribution < 1.29 is 23.9 Å². The van der Waals surface area contributed by atoms with E-state index in [0.29, 0.717) is 67.1 Å². The summed E-state index contributed by atoms with van der Waals surface area (Å²) >= 11 is 1.89. The molecular formula is C41H43N9O5S. The second kappa shape index (κ2) is 18.0. The molecule has 288 valence electrons. The minimum absolute atomic E-state index is 0.0138. The minimum Gasteiger partial charge on any atom is -0.457 e. The lowest BCUT2D eigenvalue weighted by Crippen LogP contribution is -2.48. The summed E-state index contributed by atoms with van der Waals surface area (Å²) in [7, 11) is 0. The van der Waals surface area contributed by atoms with E-state index in [1.807, 2.05) is 77.3 Å². The molecule has 4 aromatic rings. The summed E-state index contributed by atoms with van der Waals surface area (Å²) in [5, 5.41) is 19.0. The molecule has 4 heterocycles. The number of unbranched alkanes of at least 4 members (excludes halogenated alkanes) is 1. The summed E-state index contributed by atoms with van der Waals surface area (Å²) in [6.45, 7) is 2.91. The summed E-state index contributed by atoms with van der Waals surface area (Å²) in [5.41, 5.74) is 7.92. The van der Waals surface area contributed by atoms with E-state index in [0.717, 1.165) is 36.3 Å². The number of nitrogens with one attached hydrogen (secondary N) is 3. The molecule has 7 rings (SSSR count). The van der Waals surface area contributed by atoms with Crippen molar-refractivity contribution >= 4 is 41.1 Å². The van der Waals surface area contributed by atoms with Crippen LogP contribution in [0.3, 0.4) is 0 Å². The van der Waals surface area contributed by atoms with Crippen molar-refractivity contribution in [1.82, 2.24) is 30.4 Å². The lowest BCUT2D eigenvalue weighted by atomic mass is 10.0. The molecule has 0 aliphatic carbocycles. The van der Waals surface area contributed by atoms with Gasteiger partial charge in [-0.3, -0.25) is 14.5 Å². The number of hydrogen-bond acceptors (Lipinski definition) is 11. The van der Waals surface area contributed by atoms with E-state index < -0.39 is 5.91 Å². The van der Waals surface area contributed by atoms with E-state index in [4.69, 9.17) is 15.2 Å². The van der Waals surface area contributed by atoms with Crippen LogP contribution in [0.1, 0.15) is 25.7 Å². The van der Waals surface area contributed by atoms with Crippen LogP contribution >= 0.6 is 11.8 Å². The number of rotatable bonds is 14. The van der Waals surface area contributed by atoms with Crippen molar-refractivity contribution in [3.8, 4) is 40.3 Å². The highest BCUT2D eigenvalue weighted by atomic mass is 32.2. The number of nitrogens with two attached hydrogens (primary N) is 1. The molecule has 3 atom stereocenters. The predicted octanol–water partition coefficient (Wildman–Crippen LogP) is 5.57. The first-order chi connectivity index (χ1) is 27.3. The molecule has 15 heteroatoms. The van der Waals surface area contributed by atoms with Crippen LogP contribution in [0.4, 0.5) is 16.3 Å². The average molecular weight is 774 g/mol. The molecule has 0 radical (unpaired) electrons. The summed E-state index contributed by atoms with van der Waals surface area (Å²) < 4.78 is 12.1. The van der Waals surface area contributed by atoms with Crippen molar-refractivity contribution in [3.63, 3.8) is 0 Å². The highest BCUT2D eigenvalue weighted by molar-refractivity contribution is 8.00. The molecule has 4 amide bonds. The number of para-hydroxylation sites is 1. The second-order valence-corrected chi connectivity index (χ2v) is 15.0. The summed E-state index contributed by atoms with van der Waals surface area (Å²) in [6, 6.07) is 25.9. The van der Waals surface area contributed by atoms with Gasteiger partial charge in [0.05, 0.1) is 17.6 Å². The topological polar surface area (TPSA) is 188 Å². The molecule has 0 bridgehead atoms. The largest absolute Gasteiger partial charge is 0.457 e. The molecule has 3 fully saturated rings.